The number of hydroxylamine groups is 1. The molecule has 2 aromatic rings. The van der Waals surface area contributed by atoms with Crippen molar-refractivity contribution in [2.24, 2.45) is 0 Å². The van der Waals surface area contributed by atoms with Crippen molar-refractivity contribution in [3.63, 3.8) is 0 Å². The molecule has 0 bridgehead atoms. The Kier molecular flexibility index (Phi) is 19.4. The molecule has 3 atom stereocenters. The van der Waals surface area contributed by atoms with E-state index in [-0.39, 0.29) is 37.6 Å². The summed E-state index contributed by atoms with van der Waals surface area (Å²) in [6.45, 7) is 7.56. The zero-order valence-corrected chi connectivity index (χ0v) is 29.5. The fourth-order valence-electron chi connectivity index (χ4n) is 6.26. The summed E-state index contributed by atoms with van der Waals surface area (Å²) in [6, 6.07) is 15.5. The summed E-state index contributed by atoms with van der Waals surface area (Å²) in [5, 5.41) is 21.1. The third-order valence-electron chi connectivity index (χ3n) is 9.13. The number of hydrogen-bond acceptors (Lipinski definition) is 7. The van der Waals surface area contributed by atoms with Crippen molar-refractivity contribution in [1.29, 1.82) is 0 Å². The SMILES string of the molecule is CCCCCCCCN(CCCCCCCC)CC1CC(c2ccc(CO)cc2)OC(c2ccc(NC(=O)CCCC(=O)NO)cc2)O1. The van der Waals surface area contributed by atoms with E-state index in [2.05, 4.69) is 24.1 Å². The van der Waals surface area contributed by atoms with Gasteiger partial charge in [-0.2, -0.15) is 0 Å². The van der Waals surface area contributed by atoms with Crippen molar-refractivity contribution in [2.45, 2.75) is 142 Å². The Morgan fingerprint density at radius 3 is 1.88 bits per heavy atom. The van der Waals surface area contributed by atoms with Crippen molar-refractivity contribution < 1.29 is 29.4 Å². The first kappa shape index (κ1) is 39.6. The highest BCUT2D eigenvalue weighted by Gasteiger charge is 2.33. The Morgan fingerprint density at radius 2 is 1.29 bits per heavy atom. The molecule has 3 rings (SSSR count). The number of aliphatic hydroxyl groups excluding tert-OH is 1. The summed E-state index contributed by atoms with van der Waals surface area (Å²) >= 11 is 0. The number of hydrogen-bond donors (Lipinski definition) is 4. The molecule has 268 valence electrons. The zero-order valence-electron chi connectivity index (χ0n) is 29.5. The first-order valence-corrected chi connectivity index (χ1v) is 18.5. The Bertz CT molecular complexity index is 1140. The molecule has 1 saturated heterocycles. The van der Waals surface area contributed by atoms with Gasteiger partial charge in [-0.25, -0.2) is 5.48 Å². The lowest BCUT2D eigenvalue weighted by Crippen LogP contribution is -2.40. The van der Waals surface area contributed by atoms with Crippen LogP contribution in [0.2, 0.25) is 0 Å². The first-order chi connectivity index (χ1) is 23.4. The van der Waals surface area contributed by atoms with Gasteiger partial charge in [0.1, 0.15) is 0 Å². The number of nitrogens with one attached hydrogen (secondary N) is 2. The highest BCUT2D eigenvalue weighted by atomic mass is 16.7. The average molecular weight is 668 g/mol. The summed E-state index contributed by atoms with van der Waals surface area (Å²) in [5.74, 6) is -0.700. The Hall–Kier alpha value is -2.82. The highest BCUT2D eigenvalue weighted by molar-refractivity contribution is 5.91. The number of rotatable bonds is 24. The number of amides is 2. The van der Waals surface area contributed by atoms with Crippen LogP contribution in [0.1, 0.15) is 146 Å². The van der Waals surface area contributed by atoms with E-state index in [4.69, 9.17) is 14.7 Å². The van der Waals surface area contributed by atoms with Gasteiger partial charge in [0, 0.05) is 37.1 Å². The van der Waals surface area contributed by atoms with Gasteiger partial charge in [-0.15, -0.1) is 0 Å². The fraction of sp³-hybridized carbons (Fsp3) is 0.641. The minimum absolute atomic E-state index is 0.00684. The van der Waals surface area contributed by atoms with E-state index in [1.165, 1.54) is 77.0 Å². The molecule has 1 fully saturated rings. The molecule has 9 nitrogen and oxygen atoms in total. The standard InChI is InChI=1S/C39H61N3O6/c1-3-5-7-9-11-13-26-42(27-14-12-10-8-6-4-2)29-35-28-36(32-20-18-31(30-43)19-21-32)48-39(47-35)33-22-24-34(25-23-33)40-37(44)16-15-17-38(45)41-46/h18-25,35-36,39,43,46H,3-17,26-30H2,1-2H3,(H,40,44)(H,41,45). The van der Waals surface area contributed by atoms with E-state index >= 15 is 0 Å². The van der Waals surface area contributed by atoms with Gasteiger partial charge < -0.3 is 24.8 Å². The van der Waals surface area contributed by atoms with E-state index in [0.29, 0.717) is 12.1 Å². The lowest BCUT2D eigenvalue weighted by molar-refractivity contribution is -0.253. The predicted molar refractivity (Wildman–Crippen MR) is 190 cm³/mol. The van der Waals surface area contributed by atoms with Crippen LogP contribution in [0.5, 0.6) is 0 Å². The quantitative estimate of drug-likeness (QED) is 0.0504. The van der Waals surface area contributed by atoms with Gasteiger partial charge >= 0.3 is 0 Å². The van der Waals surface area contributed by atoms with Crippen LogP contribution in [0.4, 0.5) is 5.69 Å². The molecule has 9 heteroatoms. The first-order valence-electron chi connectivity index (χ1n) is 18.5. The second-order valence-corrected chi connectivity index (χ2v) is 13.2. The number of benzene rings is 2. The average Bonchev–Trinajstić information content (AvgIpc) is 3.11. The van der Waals surface area contributed by atoms with Crippen LogP contribution < -0.4 is 10.8 Å². The molecule has 0 aliphatic carbocycles. The third kappa shape index (κ3) is 15.2. The van der Waals surface area contributed by atoms with Crippen LogP contribution in [0.3, 0.4) is 0 Å². The predicted octanol–water partition coefficient (Wildman–Crippen LogP) is 8.36. The number of unbranched alkanes of at least 4 members (excludes halogenated alkanes) is 10. The van der Waals surface area contributed by atoms with Gasteiger partial charge in [-0.3, -0.25) is 14.8 Å². The molecule has 1 aliphatic heterocycles. The molecule has 0 radical (unpaired) electrons. The maximum absolute atomic E-state index is 12.4. The molecule has 3 unspecified atom stereocenters. The van der Waals surface area contributed by atoms with Crippen LogP contribution in [-0.2, 0) is 25.7 Å². The topological polar surface area (TPSA) is 120 Å². The second-order valence-electron chi connectivity index (χ2n) is 13.2. The van der Waals surface area contributed by atoms with Gasteiger partial charge in [0.15, 0.2) is 6.29 Å². The molecule has 48 heavy (non-hydrogen) atoms. The Morgan fingerprint density at radius 1 is 0.729 bits per heavy atom. The normalized spacial score (nSPS) is 17.8. The lowest BCUT2D eigenvalue weighted by Gasteiger charge is -2.38. The summed E-state index contributed by atoms with van der Waals surface area (Å²) < 4.78 is 13.3. The molecule has 1 heterocycles. The van der Waals surface area contributed by atoms with Crippen molar-refractivity contribution in [3.05, 3.63) is 65.2 Å². The van der Waals surface area contributed by atoms with E-state index in [1.54, 1.807) is 5.48 Å². The summed E-state index contributed by atoms with van der Waals surface area (Å²) in [4.78, 5) is 26.2. The van der Waals surface area contributed by atoms with Crippen molar-refractivity contribution in [2.75, 3.05) is 25.0 Å². The van der Waals surface area contributed by atoms with Gasteiger partial charge in [0.05, 0.1) is 18.8 Å². The minimum atomic E-state index is -0.557. The number of carbonyl (C=O) groups excluding carboxylic acids is 2. The molecule has 1 aliphatic rings. The van der Waals surface area contributed by atoms with E-state index in [1.807, 2.05) is 48.5 Å². The van der Waals surface area contributed by atoms with Crippen molar-refractivity contribution in [1.82, 2.24) is 10.4 Å². The number of ether oxygens (including phenoxy) is 2. The minimum Gasteiger partial charge on any atom is -0.392 e. The molecule has 2 aromatic carbocycles. The number of nitrogens with zero attached hydrogens (tertiary/aromatic N) is 1. The second kappa shape index (κ2) is 23.5. The lowest BCUT2D eigenvalue weighted by atomic mass is 9.99. The highest BCUT2D eigenvalue weighted by Crippen LogP contribution is 2.38. The van der Waals surface area contributed by atoms with E-state index in [0.717, 1.165) is 42.7 Å². The number of anilines is 1. The van der Waals surface area contributed by atoms with Crippen LogP contribution in [0.25, 0.3) is 0 Å². The number of carbonyl (C=O) groups is 2. The van der Waals surface area contributed by atoms with E-state index in [9.17, 15) is 14.7 Å². The summed E-state index contributed by atoms with van der Waals surface area (Å²) in [6.07, 6.45) is 16.0. The molecule has 0 saturated carbocycles. The molecule has 0 spiro atoms. The van der Waals surface area contributed by atoms with Crippen LogP contribution in [0.15, 0.2) is 48.5 Å². The van der Waals surface area contributed by atoms with Crippen LogP contribution >= 0.6 is 0 Å². The zero-order chi connectivity index (χ0) is 34.4. The van der Waals surface area contributed by atoms with Gasteiger partial charge in [0.2, 0.25) is 11.8 Å². The Labute approximate surface area is 288 Å². The van der Waals surface area contributed by atoms with Gasteiger partial charge in [-0.05, 0) is 55.6 Å². The maximum atomic E-state index is 12.4. The maximum Gasteiger partial charge on any atom is 0.243 e. The molecule has 2 amide bonds. The van der Waals surface area contributed by atoms with Crippen LogP contribution in [0, 0.1) is 0 Å². The molecular weight excluding hydrogens is 606 g/mol. The van der Waals surface area contributed by atoms with Crippen LogP contribution in [-0.4, -0.2) is 52.8 Å². The molecule has 0 aromatic heterocycles. The van der Waals surface area contributed by atoms with E-state index < -0.39 is 12.2 Å². The van der Waals surface area contributed by atoms with Crippen molar-refractivity contribution >= 4 is 17.5 Å². The Balaban J connectivity index is 1.68. The summed E-state index contributed by atoms with van der Waals surface area (Å²) in [7, 11) is 0. The summed E-state index contributed by atoms with van der Waals surface area (Å²) in [5.41, 5.74) is 5.07. The smallest absolute Gasteiger partial charge is 0.243 e. The third-order valence-corrected chi connectivity index (χ3v) is 9.13. The van der Waals surface area contributed by atoms with Gasteiger partial charge in [-0.1, -0.05) is 114 Å². The largest absolute Gasteiger partial charge is 0.392 e. The number of aliphatic hydroxyl groups is 1. The molecular formula is C39H61N3O6. The van der Waals surface area contributed by atoms with Gasteiger partial charge in [0.25, 0.3) is 0 Å². The monoisotopic (exact) mass is 667 g/mol. The fourth-order valence-corrected chi connectivity index (χ4v) is 6.26. The van der Waals surface area contributed by atoms with Crippen molar-refractivity contribution in [3.8, 4) is 0 Å². The molecule has 4 N–H and O–H groups in total.